The van der Waals surface area contributed by atoms with Crippen LogP contribution in [0.25, 0.3) is 0 Å². The maximum atomic E-state index is 10.2. The number of hydrogen-bond donors (Lipinski definition) is 1. The van der Waals surface area contributed by atoms with Gasteiger partial charge in [0, 0.05) is 5.04 Å². The lowest BCUT2D eigenvalue weighted by atomic mass is 10.0. The van der Waals surface area contributed by atoms with Gasteiger partial charge in [0.15, 0.2) is 0 Å². The summed E-state index contributed by atoms with van der Waals surface area (Å²) < 4.78 is 12.2. The summed E-state index contributed by atoms with van der Waals surface area (Å²) >= 11 is 0. The molecule has 0 saturated carbocycles. The predicted molar refractivity (Wildman–Crippen MR) is 92.6 cm³/mol. The number of aliphatic hydroxyl groups is 1. The molecule has 3 atom stereocenters. The van der Waals surface area contributed by atoms with E-state index in [1.807, 2.05) is 6.07 Å². The quantitative estimate of drug-likeness (QED) is 0.866. The van der Waals surface area contributed by atoms with E-state index in [-0.39, 0.29) is 11.1 Å². The molecule has 2 aliphatic rings. The first kappa shape index (κ1) is 15.1. The summed E-state index contributed by atoms with van der Waals surface area (Å²) in [5.74, 6) is 0. The van der Waals surface area contributed by atoms with Crippen LogP contribution < -0.4 is 10.4 Å². The summed E-state index contributed by atoms with van der Waals surface area (Å²) in [7, 11) is -2.41. The Morgan fingerprint density at radius 2 is 1.74 bits per heavy atom. The normalized spacial score (nSPS) is 31.4. The van der Waals surface area contributed by atoms with Crippen LogP contribution in [0.5, 0.6) is 0 Å². The fourth-order valence-corrected chi connectivity index (χ4v) is 9.25. The summed E-state index contributed by atoms with van der Waals surface area (Å²) in [6, 6.07) is 19.1. The molecule has 0 amide bonds. The number of benzene rings is 2. The maximum absolute atomic E-state index is 10.2. The number of rotatable bonds is 3. The summed E-state index contributed by atoms with van der Waals surface area (Å²) in [6.45, 7) is 5.39. The van der Waals surface area contributed by atoms with Crippen molar-refractivity contribution in [3.63, 3.8) is 0 Å². The Morgan fingerprint density at radius 1 is 1.04 bits per heavy atom. The molecule has 0 aromatic heterocycles. The van der Waals surface area contributed by atoms with Gasteiger partial charge < -0.3 is 14.3 Å². The molecule has 2 aromatic carbocycles. The first-order valence-electron chi connectivity index (χ1n) is 8.16. The first-order valence-corrected chi connectivity index (χ1v) is 10.1. The van der Waals surface area contributed by atoms with Crippen molar-refractivity contribution in [2.75, 3.05) is 13.2 Å². The highest BCUT2D eigenvalue weighted by atomic mass is 28.4. The SMILES string of the molecule is CC1(C)c2ccccc2[Si]1(O[C@@H]1COC[C@@H]1O)c1ccccc1. The Morgan fingerprint density at radius 3 is 2.43 bits per heavy atom. The van der Waals surface area contributed by atoms with Crippen molar-refractivity contribution in [2.45, 2.75) is 31.1 Å². The van der Waals surface area contributed by atoms with Crippen LogP contribution in [-0.2, 0) is 14.2 Å². The van der Waals surface area contributed by atoms with Gasteiger partial charge in [0.05, 0.1) is 19.3 Å². The average molecular weight is 326 g/mol. The number of hydrogen-bond acceptors (Lipinski definition) is 3. The van der Waals surface area contributed by atoms with E-state index in [0.29, 0.717) is 13.2 Å². The minimum absolute atomic E-state index is 0.0345. The molecule has 4 rings (SSSR count). The molecule has 2 heterocycles. The lowest BCUT2D eigenvalue weighted by molar-refractivity contribution is 0.0653. The van der Waals surface area contributed by atoms with Crippen LogP contribution in [0.15, 0.2) is 54.6 Å². The fourth-order valence-electron chi connectivity index (χ4n) is 4.13. The highest BCUT2D eigenvalue weighted by molar-refractivity contribution is 7.03. The summed E-state index contributed by atoms with van der Waals surface area (Å²) in [6.07, 6.45) is -0.777. The van der Waals surface area contributed by atoms with Crippen LogP contribution in [0.4, 0.5) is 0 Å². The minimum atomic E-state index is -2.41. The third-order valence-corrected chi connectivity index (χ3v) is 10.4. The van der Waals surface area contributed by atoms with Crippen LogP contribution in [0.3, 0.4) is 0 Å². The van der Waals surface area contributed by atoms with Gasteiger partial charge in [-0.15, -0.1) is 0 Å². The van der Waals surface area contributed by atoms with E-state index in [1.165, 1.54) is 15.9 Å². The Hall–Kier alpha value is -1.46. The Bertz CT molecular complexity index is 716. The third kappa shape index (κ3) is 1.99. The largest absolute Gasteiger partial charge is 0.399 e. The summed E-state index contributed by atoms with van der Waals surface area (Å²) in [4.78, 5) is 0. The van der Waals surface area contributed by atoms with Gasteiger partial charge in [-0.3, -0.25) is 0 Å². The first-order chi connectivity index (χ1) is 11.1. The van der Waals surface area contributed by atoms with Crippen molar-refractivity contribution >= 4 is 18.7 Å². The number of ether oxygens (including phenoxy) is 1. The maximum Gasteiger partial charge on any atom is 0.266 e. The highest BCUT2D eigenvalue weighted by Crippen LogP contribution is 2.43. The lowest BCUT2D eigenvalue weighted by Gasteiger charge is -2.56. The van der Waals surface area contributed by atoms with Gasteiger partial charge in [-0.2, -0.15) is 0 Å². The molecule has 4 heteroatoms. The second-order valence-electron chi connectivity index (χ2n) is 6.98. The van der Waals surface area contributed by atoms with Crippen molar-refractivity contribution in [3.8, 4) is 0 Å². The Kier molecular flexibility index (Phi) is 3.46. The molecule has 2 aromatic rings. The van der Waals surface area contributed by atoms with Crippen molar-refractivity contribution in [1.29, 1.82) is 0 Å². The van der Waals surface area contributed by atoms with Gasteiger partial charge in [0.25, 0.3) is 8.32 Å². The molecule has 3 nitrogen and oxygen atoms in total. The van der Waals surface area contributed by atoms with Gasteiger partial charge >= 0.3 is 0 Å². The predicted octanol–water partition coefficient (Wildman–Crippen LogP) is 1.35. The minimum Gasteiger partial charge on any atom is -0.399 e. The van der Waals surface area contributed by atoms with Crippen molar-refractivity contribution in [1.82, 2.24) is 0 Å². The van der Waals surface area contributed by atoms with E-state index >= 15 is 0 Å². The molecular weight excluding hydrogens is 304 g/mol. The topological polar surface area (TPSA) is 38.7 Å². The Labute approximate surface area is 138 Å². The van der Waals surface area contributed by atoms with Gasteiger partial charge in [-0.25, -0.2) is 0 Å². The molecule has 0 spiro atoms. The molecule has 2 aliphatic heterocycles. The molecule has 120 valence electrons. The van der Waals surface area contributed by atoms with Crippen molar-refractivity contribution in [2.24, 2.45) is 0 Å². The van der Waals surface area contributed by atoms with Crippen LogP contribution in [0, 0.1) is 0 Å². The Balaban J connectivity index is 1.86. The van der Waals surface area contributed by atoms with Gasteiger partial charge in [-0.1, -0.05) is 68.4 Å². The molecule has 0 radical (unpaired) electrons. The summed E-state index contributed by atoms with van der Waals surface area (Å²) in [5.41, 5.74) is 1.36. The molecule has 0 aliphatic carbocycles. The molecule has 0 bridgehead atoms. The molecule has 1 saturated heterocycles. The smallest absolute Gasteiger partial charge is 0.266 e. The molecule has 1 fully saturated rings. The van der Waals surface area contributed by atoms with E-state index in [9.17, 15) is 5.11 Å². The fraction of sp³-hybridized carbons (Fsp3) is 0.368. The van der Waals surface area contributed by atoms with E-state index in [0.717, 1.165) is 0 Å². The average Bonchev–Trinajstić information content (AvgIpc) is 2.98. The molecular formula is C19H22O3Si. The molecule has 23 heavy (non-hydrogen) atoms. The highest BCUT2D eigenvalue weighted by Gasteiger charge is 2.64. The van der Waals surface area contributed by atoms with Crippen LogP contribution in [0.2, 0.25) is 0 Å². The van der Waals surface area contributed by atoms with Gasteiger partial charge in [0.1, 0.15) is 6.10 Å². The van der Waals surface area contributed by atoms with E-state index < -0.39 is 14.4 Å². The van der Waals surface area contributed by atoms with E-state index in [2.05, 4.69) is 62.4 Å². The zero-order valence-electron chi connectivity index (χ0n) is 13.5. The van der Waals surface area contributed by atoms with Crippen molar-refractivity contribution in [3.05, 3.63) is 60.2 Å². The van der Waals surface area contributed by atoms with Crippen molar-refractivity contribution < 1.29 is 14.3 Å². The number of fused-ring (bicyclic) bond motifs is 1. The third-order valence-electron chi connectivity index (χ3n) is 5.37. The second-order valence-corrected chi connectivity index (χ2v) is 10.9. The zero-order chi connectivity index (χ0) is 16.1. The summed E-state index contributed by atoms with van der Waals surface area (Å²) in [5, 5.41) is 12.8. The van der Waals surface area contributed by atoms with E-state index in [4.69, 9.17) is 9.16 Å². The van der Waals surface area contributed by atoms with Crippen LogP contribution in [0.1, 0.15) is 19.4 Å². The van der Waals surface area contributed by atoms with Gasteiger partial charge in [0.2, 0.25) is 0 Å². The second kappa shape index (κ2) is 5.28. The zero-order valence-corrected chi connectivity index (χ0v) is 14.5. The molecule has 1 N–H and O–H groups in total. The molecule has 1 unspecified atom stereocenters. The lowest BCUT2D eigenvalue weighted by Crippen LogP contribution is -2.81. The standard InChI is InChI=1S/C19H22O3Si/c1-19(2)15-10-6-7-11-18(15)23(19,14-8-4-3-5-9-14)22-17-13-21-12-16(17)20/h3-11,16-17,20H,12-13H2,1-2H3/t16-,17+,23?/m0/s1. The van der Waals surface area contributed by atoms with Crippen LogP contribution in [-0.4, -0.2) is 38.8 Å². The monoisotopic (exact) mass is 326 g/mol. The number of aliphatic hydroxyl groups excluding tert-OH is 1. The van der Waals surface area contributed by atoms with Gasteiger partial charge in [-0.05, 0) is 15.9 Å². The van der Waals surface area contributed by atoms with E-state index in [1.54, 1.807) is 0 Å². The van der Waals surface area contributed by atoms with Crippen LogP contribution >= 0.6 is 0 Å².